The summed E-state index contributed by atoms with van der Waals surface area (Å²) in [4.78, 5) is 28.8. The lowest BCUT2D eigenvalue weighted by Crippen LogP contribution is -2.39. The van der Waals surface area contributed by atoms with Gasteiger partial charge in [0, 0.05) is 34.7 Å². The first-order chi connectivity index (χ1) is 20.7. The lowest BCUT2D eigenvalue weighted by Gasteiger charge is -2.34. The number of pyridine rings is 1. The second kappa shape index (κ2) is 13.2. The summed E-state index contributed by atoms with van der Waals surface area (Å²) < 4.78 is 17.6. The minimum atomic E-state index is -0.911. The van der Waals surface area contributed by atoms with Gasteiger partial charge in [-0.25, -0.2) is 4.79 Å². The summed E-state index contributed by atoms with van der Waals surface area (Å²) >= 11 is 14.0. The van der Waals surface area contributed by atoms with Gasteiger partial charge in [0.15, 0.2) is 11.5 Å². The minimum absolute atomic E-state index is 0.117. The zero-order valence-corrected chi connectivity index (χ0v) is 25.7. The Morgan fingerprint density at radius 1 is 1.05 bits per heavy atom. The van der Waals surface area contributed by atoms with Crippen molar-refractivity contribution in [3.05, 3.63) is 109 Å². The molecule has 2 N–H and O–H groups in total. The highest BCUT2D eigenvalue weighted by molar-refractivity contribution is 7.13. The molecule has 0 saturated heterocycles. The van der Waals surface area contributed by atoms with E-state index in [0.29, 0.717) is 40.6 Å². The van der Waals surface area contributed by atoms with E-state index >= 15 is 0 Å². The molecule has 1 aliphatic heterocycles. The fourth-order valence-corrected chi connectivity index (χ4v) is 6.76. The molecule has 3 heterocycles. The molecule has 224 valence electrons. The van der Waals surface area contributed by atoms with E-state index in [1.807, 2.05) is 35.2 Å². The standard InChI is InChI=1S/C31H28Cl2N2O7S/c1-40-25-9-7-19(13-27(25)41-2)26(14-22-23(32)16-35(39)17-24(22)33)42-31(38)28-10-8-20(43-28)15-34-12-11-18-5-3-4-6-21(18)29(34)30(36)37/h3-10,13,16-17,26,29H,11-12,14-15H2,1-2H3,(H-,36,37,39)/p+1/t26-,29?/m0/s1. The van der Waals surface area contributed by atoms with Crippen molar-refractivity contribution >= 4 is 46.5 Å². The molecule has 2 aromatic heterocycles. The number of carboxylic acids is 1. The molecule has 43 heavy (non-hydrogen) atoms. The van der Waals surface area contributed by atoms with Crippen LogP contribution < -0.4 is 14.2 Å². The number of hydrogen-bond acceptors (Lipinski definition) is 8. The lowest BCUT2D eigenvalue weighted by atomic mass is 9.92. The SMILES string of the molecule is COc1ccc([C@H](Cc2c(Cl)c[n+](O)cc2Cl)OC(=O)c2ccc(CN3CCc4ccccc4C3C(=O)O)s2)cc1OC. The molecule has 0 bridgehead atoms. The van der Waals surface area contributed by atoms with E-state index in [2.05, 4.69) is 0 Å². The third-order valence-electron chi connectivity index (χ3n) is 7.32. The van der Waals surface area contributed by atoms with Gasteiger partial charge in [-0.2, -0.15) is 0 Å². The molecule has 2 atom stereocenters. The van der Waals surface area contributed by atoms with Crippen molar-refractivity contribution in [1.82, 2.24) is 4.90 Å². The molecule has 0 fully saturated rings. The Hall–Kier alpha value is -3.83. The van der Waals surface area contributed by atoms with Gasteiger partial charge in [0.05, 0.1) is 14.2 Å². The summed E-state index contributed by atoms with van der Waals surface area (Å²) in [5.41, 5.74) is 2.93. The van der Waals surface area contributed by atoms with Crippen LogP contribution in [0.15, 0.2) is 67.0 Å². The van der Waals surface area contributed by atoms with E-state index in [1.165, 1.54) is 38.0 Å². The normalized spacial score (nSPS) is 15.4. The number of esters is 1. The Bertz CT molecular complexity index is 1640. The summed E-state index contributed by atoms with van der Waals surface area (Å²) in [6.07, 6.45) is 2.63. The third kappa shape index (κ3) is 6.73. The van der Waals surface area contributed by atoms with E-state index in [1.54, 1.807) is 24.3 Å². The molecule has 1 aliphatic rings. The molecule has 2 aromatic carbocycles. The Balaban J connectivity index is 1.39. The first kappa shape index (κ1) is 30.6. The molecule has 1 unspecified atom stereocenters. The predicted molar refractivity (Wildman–Crippen MR) is 160 cm³/mol. The van der Waals surface area contributed by atoms with E-state index in [0.717, 1.165) is 27.2 Å². The fraction of sp³-hybridized carbons (Fsp3) is 0.258. The second-order valence-electron chi connectivity index (χ2n) is 9.95. The van der Waals surface area contributed by atoms with Crippen molar-refractivity contribution in [2.24, 2.45) is 0 Å². The molecule has 0 radical (unpaired) electrons. The number of rotatable bonds is 10. The highest BCUT2D eigenvalue weighted by atomic mass is 35.5. The van der Waals surface area contributed by atoms with Crippen LogP contribution in [-0.4, -0.2) is 47.9 Å². The maximum atomic E-state index is 13.5. The summed E-state index contributed by atoms with van der Waals surface area (Å²) in [7, 11) is 3.04. The molecule has 0 amide bonds. The molecule has 12 heteroatoms. The van der Waals surface area contributed by atoms with Crippen LogP contribution in [0.4, 0.5) is 0 Å². The van der Waals surface area contributed by atoms with Crippen LogP contribution in [0.25, 0.3) is 0 Å². The topological polar surface area (TPSA) is 109 Å². The van der Waals surface area contributed by atoms with Crippen LogP contribution >= 0.6 is 34.5 Å². The maximum absolute atomic E-state index is 13.5. The highest BCUT2D eigenvalue weighted by Crippen LogP contribution is 2.36. The van der Waals surface area contributed by atoms with Gasteiger partial charge in [-0.1, -0.05) is 53.5 Å². The van der Waals surface area contributed by atoms with E-state index in [-0.39, 0.29) is 16.5 Å². The summed E-state index contributed by atoms with van der Waals surface area (Å²) in [6, 6.07) is 15.5. The maximum Gasteiger partial charge on any atom is 0.348 e. The largest absolute Gasteiger partial charge is 0.493 e. The summed E-state index contributed by atoms with van der Waals surface area (Å²) in [5.74, 6) is -0.508. The smallest absolute Gasteiger partial charge is 0.348 e. The van der Waals surface area contributed by atoms with Crippen LogP contribution in [0.5, 0.6) is 11.5 Å². The Labute approximate surface area is 262 Å². The Morgan fingerprint density at radius 3 is 2.47 bits per heavy atom. The van der Waals surface area contributed by atoms with E-state index in [4.69, 9.17) is 37.4 Å². The van der Waals surface area contributed by atoms with Gasteiger partial charge >= 0.3 is 11.9 Å². The van der Waals surface area contributed by atoms with Crippen LogP contribution in [-0.2, 0) is 28.9 Å². The number of carbonyl (C=O) groups is 2. The quantitative estimate of drug-likeness (QED) is 0.124. The molecule has 0 spiro atoms. The number of aliphatic carboxylic acids is 1. The van der Waals surface area contributed by atoms with Gasteiger partial charge in [0.1, 0.15) is 27.1 Å². The van der Waals surface area contributed by atoms with Crippen LogP contribution in [0, 0.1) is 0 Å². The summed E-state index contributed by atoms with van der Waals surface area (Å²) in [6.45, 7) is 0.957. The average molecular weight is 645 g/mol. The Kier molecular flexibility index (Phi) is 9.41. The van der Waals surface area contributed by atoms with Gasteiger partial charge in [-0.15, -0.1) is 11.3 Å². The first-order valence-electron chi connectivity index (χ1n) is 13.3. The minimum Gasteiger partial charge on any atom is -0.493 e. The number of methoxy groups -OCH3 is 2. The lowest BCUT2D eigenvalue weighted by molar-refractivity contribution is -0.904. The number of nitrogens with zero attached hydrogens (tertiary/aromatic N) is 2. The van der Waals surface area contributed by atoms with Crippen molar-refractivity contribution in [1.29, 1.82) is 0 Å². The van der Waals surface area contributed by atoms with Gasteiger partial charge in [0.25, 0.3) is 0 Å². The first-order valence-corrected chi connectivity index (χ1v) is 14.9. The van der Waals surface area contributed by atoms with E-state index < -0.39 is 24.1 Å². The second-order valence-corrected chi connectivity index (χ2v) is 11.9. The van der Waals surface area contributed by atoms with Gasteiger partial charge in [-0.3, -0.25) is 14.9 Å². The number of benzene rings is 2. The number of hydrogen-bond donors (Lipinski definition) is 2. The van der Waals surface area contributed by atoms with Gasteiger partial charge in [0.2, 0.25) is 12.4 Å². The van der Waals surface area contributed by atoms with E-state index in [9.17, 15) is 19.9 Å². The predicted octanol–water partition coefficient (Wildman–Crippen LogP) is 5.92. The number of ether oxygens (including phenoxy) is 3. The molecule has 0 saturated carbocycles. The Morgan fingerprint density at radius 2 is 1.77 bits per heavy atom. The van der Waals surface area contributed by atoms with Gasteiger partial charge in [-0.05, 0) is 47.4 Å². The number of carboxylic acid groups (broad SMARTS) is 1. The monoisotopic (exact) mass is 643 g/mol. The van der Waals surface area contributed by atoms with Crippen LogP contribution in [0.2, 0.25) is 10.0 Å². The summed E-state index contributed by atoms with van der Waals surface area (Å²) in [5, 5.41) is 20.2. The van der Waals surface area contributed by atoms with Crippen molar-refractivity contribution in [3.8, 4) is 11.5 Å². The zero-order valence-electron chi connectivity index (χ0n) is 23.3. The fourth-order valence-electron chi connectivity index (χ4n) is 5.24. The zero-order chi connectivity index (χ0) is 30.7. The van der Waals surface area contributed by atoms with Crippen LogP contribution in [0.3, 0.4) is 0 Å². The molecule has 4 aromatic rings. The van der Waals surface area contributed by atoms with Gasteiger partial charge < -0.3 is 19.3 Å². The van der Waals surface area contributed by atoms with Crippen LogP contribution in [0.1, 0.15) is 48.9 Å². The van der Waals surface area contributed by atoms with Crippen molar-refractivity contribution in [3.63, 3.8) is 0 Å². The average Bonchev–Trinajstić information content (AvgIpc) is 3.46. The molecule has 0 aliphatic carbocycles. The van der Waals surface area contributed by atoms with Crippen molar-refractivity contribution < 1.29 is 38.8 Å². The third-order valence-corrected chi connectivity index (χ3v) is 9.03. The molecule has 5 rings (SSSR count). The van der Waals surface area contributed by atoms with Crippen molar-refractivity contribution in [2.75, 3.05) is 20.8 Å². The number of thiophene rings is 1. The number of aromatic nitrogens is 1. The molecule has 9 nitrogen and oxygen atoms in total. The molecular weight excluding hydrogens is 615 g/mol. The highest BCUT2D eigenvalue weighted by Gasteiger charge is 2.33. The number of halogens is 2. The number of carbonyl (C=O) groups excluding carboxylic acids is 1. The van der Waals surface area contributed by atoms with Crippen molar-refractivity contribution in [2.45, 2.75) is 31.5 Å². The number of fused-ring (bicyclic) bond motifs is 1. The molecular formula is C31H29Cl2N2O7S+.